The number of nitrogens with one attached hydrogen (secondary N) is 1. The molecular formula is C27H28ClF2N3O5. The van der Waals surface area contributed by atoms with Crippen molar-refractivity contribution >= 4 is 46.2 Å². The molecule has 11 heteroatoms. The highest BCUT2D eigenvalue weighted by atomic mass is 35.5. The number of fused-ring (bicyclic) bond motifs is 1. The summed E-state index contributed by atoms with van der Waals surface area (Å²) < 4.78 is 41.2. The number of carboxylic acids is 1. The van der Waals surface area contributed by atoms with Gasteiger partial charge in [-0.05, 0) is 68.4 Å². The number of oxazole rings is 1. The summed E-state index contributed by atoms with van der Waals surface area (Å²) >= 11 is 6.44. The molecule has 1 aliphatic carbocycles. The average molecular weight is 548 g/mol. The molecule has 1 atom stereocenters. The quantitative estimate of drug-likeness (QED) is 0.321. The van der Waals surface area contributed by atoms with E-state index in [4.69, 9.17) is 20.8 Å². The number of aliphatic carboxylic acids is 1. The van der Waals surface area contributed by atoms with Gasteiger partial charge < -0.3 is 19.6 Å². The number of rotatable bonds is 9. The van der Waals surface area contributed by atoms with Gasteiger partial charge in [0, 0.05) is 25.6 Å². The van der Waals surface area contributed by atoms with Crippen molar-refractivity contribution < 1.29 is 32.6 Å². The Morgan fingerprint density at radius 1 is 1.16 bits per heavy atom. The molecule has 1 saturated carbocycles. The molecule has 8 nitrogen and oxygen atoms in total. The van der Waals surface area contributed by atoms with Gasteiger partial charge in [0.15, 0.2) is 5.58 Å². The number of Topliss-reactive ketones (excluding diaryl/α,β-unsaturated/α-hetero) is 1. The molecule has 2 aliphatic rings. The van der Waals surface area contributed by atoms with Crippen LogP contribution >= 0.6 is 11.6 Å². The Kier molecular flexibility index (Phi) is 7.65. The lowest BCUT2D eigenvalue weighted by Gasteiger charge is -2.37. The fourth-order valence-corrected chi connectivity index (χ4v) is 5.35. The number of hydrogen-bond acceptors (Lipinski definition) is 7. The molecule has 5 rings (SSSR count). The molecule has 0 spiro atoms. The van der Waals surface area contributed by atoms with Gasteiger partial charge >= 0.3 is 11.9 Å². The summed E-state index contributed by atoms with van der Waals surface area (Å²) in [5.74, 6) is -5.06. The van der Waals surface area contributed by atoms with Crippen molar-refractivity contribution in [3.8, 4) is 0 Å². The Morgan fingerprint density at radius 2 is 1.89 bits per heavy atom. The zero-order chi connectivity index (χ0) is 26.9. The lowest BCUT2D eigenvalue weighted by atomic mass is 9.87. The van der Waals surface area contributed by atoms with E-state index >= 15 is 4.39 Å². The van der Waals surface area contributed by atoms with Crippen molar-refractivity contribution in [3.05, 3.63) is 52.8 Å². The highest BCUT2D eigenvalue weighted by molar-refractivity contribution is 6.33. The van der Waals surface area contributed by atoms with Gasteiger partial charge in [-0.1, -0.05) is 17.7 Å². The topological polar surface area (TPSA) is 105 Å². The van der Waals surface area contributed by atoms with Crippen LogP contribution in [0.3, 0.4) is 0 Å². The number of nitrogens with zero attached hydrogens (tertiary/aromatic N) is 2. The molecule has 202 valence electrons. The van der Waals surface area contributed by atoms with E-state index < -0.39 is 35.6 Å². The summed E-state index contributed by atoms with van der Waals surface area (Å²) in [5, 5.41) is 12.4. The number of aromatic nitrogens is 1. The Bertz CT molecular complexity index is 1340. The van der Waals surface area contributed by atoms with Crippen LogP contribution in [-0.2, 0) is 20.7 Å². The standard InChI is InChI=1S/C27H28ClF2N3O5/c28-20-13-16(3-9-21(20)31-26-32-22-15-18(29)6-10-23(22)37-26)14-24(34)27(30,33-11-1-2-12-33)38-19-7-4-17(5-8-19)25(35)36/h3,6,9-10,13,15,17,19H,1-2,4-5,7-8,11-12,14H2,(H,31,32)(H,35,36). The Hall–Kier alpha value is -3.08. The van der Waals surface area contributed by atoms with E-state index in [0.29, 0.717) is 61.1 Å². The van der Waals surface area contributed by atoms with Crippen LogP contribution in [0.1, 0.15) is 44.1 Å². The minimum absolute atomic E-state index is 0.124. The second-order valence-electron chi connectivity index (χ2n) is 9.86. The number of carbonyl (C=O) groups is 2. The van der Waals surface area contributed by atoms with Crippen LogP contribution in [0.5, 0.6) is 0 Å². The average Bonchev–Trinajstić information content (AvgIpc) is 3.56. The molecule has 2 heterocycles. The number of alkyl halides is 1. The van der Waals surface area contributed by atoms with Gasteiger partial charge in [0.1, 0.15) is 11.3 Å². The van der Waals surface area contributed by atoms with Gasteiger partial charge in [-0.2, -0.15) is 9.37 Å². The summed E-state index contributed by atoms with van der Waals surface area (Å²) in [7, 11) is 0. The maximum absolute atomic E-state index is 16.4. The van der Waals surface area contributed by atoms with Crippen molar-refractivity contribution in [1.29, 1.82) is 0 Å². The van der Waals surface area contributed by atoms with E-state index in [9.17, 15) is 19.1 Å². The lowest BCUT2D eigenvalue weighted by Crippen LogP contribution is -2.54. The molecule has 3 aromatic rings. The van der Waals surface area contributed by atoms with Crippen LogP contribution in [0.4, 0.5) is 20.5 Å². The third-order valence-electron chi connectivity index (χ3n) is 7.19. The van der Waals surface area contributed by atoms with E-state index in [1.54, 1.807) is 18.2 Å². The second kappa shape index (κ2) is 11.0. The van der Waals surface area contributed by atoms with Gasteiger partial charge in [-0.3, -0.25) is 9.59 Å². The van der Waals surface area contributed by atoms with Gasteiger partial charge in [0.2, 0.25) is 5.78 Å². The largest absolute Gasteiger partial charge is 0.481 e. The van der Waals surface area contributed by atoms with Crippen LogP contribution in [-0.4, -0.2) is 51.9 Å². The van der Waals surface area contributed by atoms with Crippen LogP contribution in [0, 0.1) is 11.7 Å². The molecule has 38 heavy (non-hydrogen) atoms. The minimum Gasteiger partial charge on any atom is -0.481 e. The highest BCUT2D eigenvalue weighted by Crippen LogP contribution is 2.35. The van der Waals surface area contributed by atoms with Crippen LogP contribution < -0.4 is 5.32 Å². The fraction of sp³-hybridized carbons (Fsp3) is 0.444. The van der Waals surface area contributed by atoms with Crippen molar-refractivity contribution in [1.82, 2.24) is 9.88 Å². The zero-order valence-electron chi connectivity index (χ0n) is 20.6. The molecule has 2 fully saturated rings. The zero-order valence-corrected chi connectivity index (χ0v) is 21.3. The first-order chi connectivity index (χ1) is 18.2. The summed E-state index contributed by atoms with van der Waals surface area (Å²) in [4.78, 5) is 30.2. The summed E-state index contributed by atoms with van der Waals surface area (Å²) in [6, 6.07) is 8.97. The SMILES string of the molecule is O=C(O)C1CCC(OC(F)(C(=O)Cc2ccc(Nc3nc4cc(F)ccc4o3)c(Cl)c2)N2CCCC2)CC1. The summed E-state index contributed by atoms with van der Waals surface area (Å²) in [6.07, 6.45) is 2.33. The highest BCUT2D eigenvalue weighted by Gasteiger charge is 2.48. The molecule has 1 aliphatic heterocycles. The predicted molar refractivity (Wildman–Crippen MR) is 137 cm³/mol. The molecule has 0 radical (unpaired) electrons. The van der Waals surface area contributed by atoms with Crippen LogP contribution in [0.2, 0.25) is 5.02 Å². The number of hydrogen-bond donors (Lipinski definition) is 2. The number of ether oxygens (including phenoxy) is 1. The van der Waals surface area contributed by atoms with E-state index in [1.165, 1.54) is 23.1 Å². The van der Waals surface area contributed by atoms with Gasteiger partial charge in [0.05, 0.1) is 22.7 Å². The number of carbonyl (C=O) groups excluding carboxylic acids is 1. The molecule has 1 aromatic heterocycles. The van der Waals surface area contributed by atoms with Gasteiger partial charge in [0.25, 0.3) is 6.01 Å². The molecule has 2 aromatic carbocycles. The monoisotopic (exact) mass is 547 g/mol. The Balaban J connectivity index is 1.28. The van der Waals surface area contributed by atoms with Crippen LogP contribution in [0.15, 0.2) is 40.8 Å². The third-order valence-corrected chi connectivity index (χ3v) is 7.51. The summed E-state index contributed by atoms with van der Waals surface area (Å²) in [6.45, 7) is 0.815. The molecule has 1 unspecified atom stereocenters. The third kappa shape index (κ3) is 5.67. The van der Waals surface area contributed by atoms with E-state index in [0.717, 1.165) is 12.8 Å². The number of benzene rings is 2. The van der Waals surface area contributed by atoms with Crippen LogP contribution in [0.25, 0.3) is 11.1 Å². The molecular weight excluding hydrogens is 520 g/mol. The second-order valence-corrected chi connectivity index (χ2v) is 10.3. The lowest BCUT2D eigenvalue weighted by molar-refractivity contribution is -0.252. The molecule has 0 amide bonds. The maximum atomic E-state index is 16.4. The molecule has 1 saturated heterocycles. The van der Waals surface area contributed by atoms with Gasteiger partial charge in [-0.25, -0.2) is 9.29 Å². The molecule has 0 bridgehead atoms. The van der Waals surface area contributed by atoms with Gasteiger partial charge in [-0.15, -0.1) is 0 Å². The van der Waals surface area contributed by atoms with E-state index in [2.05, 4.69) is 10.3 Å². The van der Waals surface area contributed by atoms with E-state index in [-0.39, 0.29) is 17.5 Å². The van der Waals surface area contributed by atoms with E-state index in [1.807, 2.05) is 0 Å². The number of ketones is 1. The fourth-order valence-electron chi connectivity index (χ4n) is 5.10. The molecule has 2 N–H and O–H groups in total. The minimum atomic E-state index is -2.59. The van der Waals surface area contributed by atoms with Crippen molar-refractivity contribution in [3.63, 3.8) is 0 Å². The first-order valence-corrected chi connectivity index (χ1v) is 13.1. The predicted octanol–water partition coefficient (Wildman–Crippen LogP) is 5.85. The van der Waals surface area contributed by atoms with Crippen molar-refractivity contribution in [2.75, 3.05) is 18.4 Å². The van der Waals surface area contributed by atoms with Crippen molar-refractivity contribution in [2.45, 2.75) is 57.0 Å². The smallest absolute Gasteiger partial charge is 0.330 e. The number of halogens is 3. The number of carboxylic acid groups (broad SMARTS) is 1. The normalized spacial score (nSPS) is 21.9. The first-order valence-electron chi connectivity index (χ1n) is 12.7. The Morgan fingerprint density at radius 3 is 2.58 bits per heavy atom. The van der Waals surface area contributed by atoms with Crippen molar-refractivity contribution in [2.24, 2.45) is 5.92 Å². The number of anilines is 2. The maximum Gasteiger partial charge on any atom is 0.330 e. The summed E-state index contributed by atoms with van der Waals surface area (Å²) in [5.41, 5.74) is 1.71. The number of likely N-dealkylation sites (tertiary alicyclic amines) is 1. The first kappa shape index (κ1) is 26.5. The Labute approximate surface area is 222 Å².